The van der Waals surface area contributed by atoms with Gasteiger partial charge < -0.3 is 5.32 Å². The topological polar surface area (TPSA) is 42.0 Å². The number of rotatable bonds is 7. The fourth-order valence-electron chi connectivity index (χ4n) is 2.83. The van der Waals surface area contributed by atoms with E-state index in [1.807, 2.05) is 35.2 Å². The number of carbonyl (C=O) groups excluding carboxylic acids is 1. The molecule has 28 heavy (non-hydrogen) atoms. The van der Waals surface area contributed by atoms with Gasteiger partial charge in [0.25, 0.3) is 5.91 Å². The van der Waals surface area contributed by atoms with E-state index in [-0.39, 0.29) is 11.3 Å². The van der Waals surface area contributed by atoms with E-state index < -0.39 is 0 Å². The zero-order valence-electron chi connectivity index (χ0n) is 16.6. The Morgan fingerprint density at radius 3 is 2.54 bits per heavy atom. The summed E-state index contributed by atoms with van der Waals surface area (Å²) in [5.41, 5.74) is 6.33. The van der Waals surface area contributed by atoms with Crippen LogP contribution in [0.4, 0.5) is 0 Å². The zero-order valence-corrected chi connectivity index (χ0v) is 18.2. The molecule has 0 aliphatic heterocycles. The van der Waals surface area contributed by atoms with Crippen molar-refractivity contribution in [2.45, 2.75) is 43.3 Å². The summed E-state index contributed by atoms with van der Waals surface area (Å²) in [7, 11) is 0. The third-order valence-electron chi connectivity index (χ3n) is 4.51. The van der Waals surface area contributed by atoms with Gasteiger partial charge >= 0.3 is 0 Å². The lowest BCUT2D eigenvalue weighted by Gasteiger charge is -2.19. The molecule has 3 nitrogen and oxygen atoms in total. The molecule has 1 heterocycles. The second-order valence-corrected chi connectivity index (χ2v) is 9.45. The van der Waals surface area contributed by atoms with Crippen molar-refractivity contribution in [1.82, 2.24) is 10.3 Å². The molecule has 146 valence electrons. The van der Waals surface area contributed by atoms with Crippen LogP contribution in [0, 0.1) is 0 Å². The summed E-state index contributed by atoms with van der Waals surface area (Å²) in [4.78, 5) is 18.0. The van der Waals surface area contributed by atoms with E-state index in [2.05, 4.69) is 55.3 Å². The third-order valence-corrected chi connectivity index (χ3v) is 6.25. The first-order chi connectivity index (χ1) is 13.4. The van der Waals surface area contributed by atoms with Gasteiger partial charge in [-0.15, -0.1) is 23.1 Å². The van der Waals surface area contributed by atoms with Crippen molar-refractivity contribution in [1.29, 1.82) is 0 Å². The quantitative estimate of drug-likeness (QED) is 0.508. The van der Waals surface area contributed by atoms with Crippen molar-refractivity contribution in [3.05, 3.63) is 81.8 Å². The fourth-order valence-corrected chi connectivity index (χ4v) is 4.44. The smallest absolute Gasteiger partial charge is 0.252 e. The van der Waals surface area contributed by atoms with Gasteiger partial charge in [-0.3, -0.25) is 4.79 Å². The van der Waals surface area contributed by atoms with Crippen LogP contribution in [-0.4, -0.2) is 17.4 Å². The summed E-state index contributed by atoms with van der Waals surface area (Å²) in [6, 6.07) is 16.4. The van der Waals surface area contributed by atoms with E-state index in [0.29, 0.717) is 6.54 Å². The number of benzene rings is 2. The average Bonchev–Trinajstić information content (AvgIpc) is 3.20. The average molecular weight is 411 g/mol. The van der Waals surface area contributed by atoms with Gasteiger partial charge in [-0.25, -0.2) is 4.98 Å². The van der Waals surface area contributed by atoms with Crippen molar-refractivity contribution < 1.29 is 4.79 Å². The maximum atomic E-state index is 12.7. The molecule has 0 saturated carbocycles. The highest BCUT2D eigenvalue weighted by Gasteiger charge is 2.13. The molecule has 0 aliphatic rings. The predicted octanol–water partition coefficient (Wildman–Crippen LogP) is 5.71. The molecular formula is C23H26N2OS2. The highest BCUT2D eigenvalue weighted by atomic mass is 32.2. The van der Waals surface area contributed by atoms with Crippen LogP contribution >= 0.6 is 23.1 Å². The van der Waals surface area contributed by atoms with Crippen LogP contribution < -0.4 is 5.32 Å². The van der Waals surface area contributed by atoms with Crippen LogP contribution in [0.2, 0.25) is 0 Å². The van der Waals surface area contributed by atoms with Gasteiger partial charge in [0.15, 0.2) is 0 Å². The first-order valence-electron chi connectivity index (χ1n) is 9.40. The monoisotopic (exact) mass is 410 g/mol. The molecule has 0 aliphatic carbocycles. The van der Waals surface area contributed by atoms with Crippen molar-refractivity contribution in [3.63, 3.8) is 0 Å². The highest BCUT2D eigenvalue weighted by molar-refractivity contribution is 7.98. The molecule has 0 bridgehead atoms. The summed E-state index contributed by atoms with van der Waals surface area (Å²) < 4.78 is 0. The Labute approximate surface area is 175 Å². The number of thioether (sulfide) groups is 1. The number of aromatic nitrogens is 1. The van der Waals surface area contributed by atoms with Gasteiger partial charge in [0.2, 0.25) is 0 Å². The molecule has 0 radical (unpaired) electrons. The lowest BCUT2D eigenvalue weighted by Crippen LogP contribution is -2.26. The number of thiazole rings is 1. The van der Waals surface area contributed by atoms with Crippen molar-refractivity contribution in [2.24, 2.45) is 0 Å². The number of carbonyl (C=O) groups is 1. The number of nitrogens with zero attached hydrogens (tertiary/aromatic N) is 1. The molecule has 0 saturated heterocycles. The lowest BCUT2D eigenvalue weighted by atomic mass is 9.86. The Balaban J connectivity index is 1.55. The van der Waals surface area contributed by atoms with E-state index in [0.717, 1.165) is 28.3 Å². The minimum Gasteiger partial charge on any atom is -0.352 e. The summed E-state index contributed by atoms with van der Waals surface area (Å²) >= 11 is 3.24. The summed E-state index contributed by atoms with van der Waals surface area (Å²) in [5.74, 6) is 0.751. The first kappa shape index (κ1) is 20.6. The molecule has 1 N–H and O–H groups in total. The molecule has 0 atom stereocenters. The maximum absolute atomic E-state index is 12.7. The van der Waals surface area contributed by atoms with Crippen molar-refractivity contribution in [2.75, 3.05) is 6.54 Å². The fraction of sp³-hybridized carbons (Fsp3) is 0.304. The molecule has 0 spiro atoms. The van der Waals surface area contributed by atoms with Crippen LogP contribution in [0.25, 0.3) is 0 Å². The second-order valence-electron chi connectivity index (χ2n) is 7.72. The Morgan fingerprint density at radius 1 is 1.11 bits per heavy atom. The van der Waals surface area contributed by atoms with E-state index in [1.54, 1.807) is 23.1 Å². The highest BCUT2D eigenvalue weighted by Crippen LogP contribution is 2.26. The molecular weight excluding hydrogens is 384 g/mol. The van der Waals surface area contributed by atoms with Gasteiger partial charge in [-0.2, -0.15) is 0 Å². The molecule has 3 aromatic rings. The normalized spacial score (nSPS) is 11.4. The van der Waals surface area contributed by atoms with Crippen LogP contribution in [0.3, 0.4) is 0 Å². The summed E-state index contributed by atoms with van der Waals surface area (Å²) in [5, 5.41) is 5.10. The van der Waals surface area contributed by atoms with Crippen LogP contribution in [0.1, 0.15) is 48.0 Å². The van der Waals surface area contributed by atoms with Gasteiger partial charge in [-0.05, 0) is 35.1 Å². The lowest BCUT2D eigenvalue weighted by molar-refractivity contribution is 0.0951. The molecule has 3 rings (SSSR count). The predicted molar refractivity (Wildman–Crippen MR) is 119 cm³/mol. The van der Waals surface area contributed by atoms with Gasteiger partial charge in [0.1, 0.15) is 0 Å². The first-order valence-corrected chi connectivity index (χ1v) is 11.3. The number of hydrogen-bond donors (Lipinski definition) is 1. The second kappa shape index (κ2) is 9.39. The Morgan fingerprint density at radius 2 is 1.86 bits per heavy atom. The summed E-state index contributed by atoms with van der Waals surface area (Å²) in [6.45, 7) is 7.27. The Hall–Kier alpha value is -2.11. The number of nitrogens with one attached hydrogen (secondary N) is 1. The minimum absolute atomic E-state index is 0.0207. The largest absolute Gasteiger partial charge is 0.352 e. The van der Waals surface area contributed by atoms with E-state index in [4.69, 9.17) is 0 Å². The zero-order chi connectivity index (χ0) is 20.0. The Bertz CT molecular complexity index is 897. The number of hydrogen-bond acceptors (Lipinski definition) is 4. The van der Waals surface area contributed by atoms with Crippen LogP contribution in [0.5, 0.6) is 0 Å². The molecule has 1 aromatic heterocycles. The van der Waals surface area contributed by atoms with Gasteiger partial charge in [-0.1, -0.05) is 57.2 Å². The number of amides is 1. The van der Waals surface area contributed by atoms with E-state index in [9.17, 15) is 4.79 Å². The maximum Gasteiger partial charge on any atom is 0.252 e. The third kappa shape index (κ3) is 5.69. The van der Waals surface area contributed by atoms with Gasteiger partial charge in [0, 0.05) is 22.6 Å². The van der Waals surface area contributed by atoms with E-state index in [1.165, 1.54) is 11.1 Å². The standard InChI is InChI=1S/C23H26N2OS2/c1-23(2,3)18-10-8-17(9-11-18)12-13-24-22(26)20-6-4-5-7-21(20)28-15-19-14-27-16-25-19/h4-11,14,16H,12-13,15H2,1-3H3,(H,24,26). The molecule has 1 amide bonds. The van der Waals surface area contributed by atoms with Crippen LogP contribution in [0.15, 0.2) is 64.3 Å². The minimum atomic E-state index is -0.0207. The van der Waals surface area contributed by atoms with Crippen molar-refractivity contribution in [3.8, 4) is 0 Å². The Kier molecular flexibility index (Phi) is 6.92. The van der Waals surface area contributed by atoms with Crippen LogP contribution in [-0.2, 0) is 17.6 Å². The molecule has 5 heteroatoms. The van der Waals surface area contributed by atoms with Crippen molar-refractivity contribution >= 4 is 29.0 Å². The molecule has 0 fully saturated rings. The molecule has 0 unspecified atom stereocenters. The van der Waals surface area contributed by atoms with E-state index >= 15 is 0 Å². The molecule has 2 aromatic carbocycles. The SMILES string of the molecule is CC(C)(C)c1ccc(CCNC(=O)c2ccccc2SCc2cscn2)cc1. The summed E-state index contributed by atoms with van der Waals surface area (Å²) in [6.07, 6.45) is 0.824. The van der Waals surface area contributed by atoms with Gasteiger partial charge in [0.05, 0.1) is 16.8 Å².